The first kappa shape index (κ1) is 12.5. The number of carbonyl (C=O) groups is 2. The highest BCUT2D eigenvalue weighted by Crippen LogP contribution is 2.41. The molecule has 1 fully saturated rings. The zero-order chi connectivity index (χ0) is 14.4. The lowest BCUT2D eigenvalue weighted by molar-refractivity contribution is 0.0945. The number of rotatable bonds is 2. The van der Waals surface area contributed by atoms with Gasteiger partial charge in [-0.25, -0.2) is 9.78 Å². The van der Waals surface area contributed by atoms with Crippen LogP contribution in [0, 0.1) is 0 Å². The van der Waals surface area contributed by atoms with Crippen molar-refractivity contribution in [1.82, 2.24) is 15.6 Å². The van der Waals surface area contributed by atoms with E-state index in [1.807, 2.05) is 0 Å². The van der Waals surface area contributed by atoms with E-state index < -0.39 is 0 Å². The molecule has 1 saturated heterocycles. The van der Waals surface area contributed by atoms with Crippen LogP contribution in [-0.4, -0.2) is 36.1 Å². The van der Waals surface area contributed by atoms with Crippen LogP contribution >= 0.6 is 11.3 Å². The van der Waals surface area contributed by atoms with Crippen molar-refractivity contribution >= 4 is 44.9 Å². The van der Waals surface area contributed by atoms with Gasteiger partial charge in [-0.3, -0.25) is 4.79 Å². The van der Waals surface area contributed by atoms with E-state index in [9.17, 15) is 9.59 Å². The number of anilines is 2. The normalized spacial score (nSPS) is 20.2. The molecule has 4 heterocycles. The molecule has 3 amide bonds. The van der Waals surface area contributed by atoms with Gasteiger partial charge in [0.2, 0.25) is 0 Å². The molecule has 0 spiro atoms. The van der Waals surface area contributed by atoms with E-state index in [0.717, 1.165) is 29.7 Å². The van der Waals surface area contributed by atoms with Gasteiger partial charge in [-0.05, 0) is 19.0 Å². The topological polar surface area (TPSA) is 95.2 Å². The monoisotopic (exact) mass is 303 g/mol. The summed E-state index contributed by atoms with van der Waals surface area (Å²) in [5, 5.41) is 12.5. The molecule has 2 aliphatic heterocycles. The molecule has 21 heavy (non-hydrogen) atoms. The van der Waals surface area contributed by atoms with Crippen LogP contribution in [0.2, 0.25) is 0 Å². The highest BCUT2D eigenvalue weighted by molar-refractivity contribution is 7.21. The molecular weight excluding hydrogens is 290 g/mol. The molecular formula is C13H13N5O2S. The summed E-state index contributed by atoms with van der Waals surface area (Å²) in [4.78, 5) is 29.7. The number of nitrogens with zero attached hydrogens (tertiary/aromatic N) is 1. The highest BCUT2D eigenvalue weighted by atomic mass is 32.1. The largest absolute Gasteiger partial charge is 0.347 e. The van der Waals surface area contributed by atoms with E-state index in [1.165, 1.54) is 11.3 Å². The van der Waals surface area contributed by atoms with Gasteiger partial charge >= 0.3 is 6.03 Å². The average molecular weight is 303 g/mol. The Labute approximate surface area is 124 Å². The van der Waals surface area contributed by atoms with Crippen molar-refractivity contribution in [3.05, 3.63) is 17.1 Å². The Bertz CT molecular complexity index is 750. The minimum Gasteiger partial charge on any atom is -0.347 e. The molecule has 2 aliphatic rings. The minimum absolute atomic E-state index is 0.139. The van der Waals surface area contributed by atoms with Crippen LogP contribution in [0.25, 0.3) is 10.2 Å². The van der Waals surface area contributed by atoms with E-state index in [1.54, 1.807) is 12.3 Å². The summed E-state index contributed by atoms with van der Waals surface area (Å²) in [5.41, 5.74) is 1.25. The van der Waals surface area contributed by atoms with Crippen LogP contribution in [0.1, 0.15) is 16.1 Å². The lowest BCUT2D eigenvalue weighted by Gasteiger charge is -2.16. The van der Waals surface area contributed by atoms with Crippen LogP contribution in [0.15, 0.2) is 12.3 Å². The van der Waals surface area contributed by atoms with E-state index in [0.29, 0.717) is 16.3 Å². The van der Waals surface area contributed by atoms with Crippen molar-refractivity contribution < 1.29 is 9.59 Å². The first-order valence-corrected chi connectivity index (χ1v) is 7.55. The van der Waals surface area contributed by atoms with Crippen molar-refractivity contribution in [2.45, 2.75) is 12.5 Å². The number of thiophene rings is 1. The van der Waals surface area contributed by atoms with Gasteiger partial charge in [-0.15, -0.1) is 11.3 Å². The van der Waals surface area contributed by atoms with Gasteiger partial charge in [0.25, 0.3) is 5.91 Å². The summed E-state index contributed by atoms with van der Waals surface area (Å²) in [5.74, 6) is -0.158. The van der Waals surface area contributed by atoms with E-state index in [2.05, 4.69) is 26.3 Å². The van der Waals surface area contributed by atoms with Crippen molar-refractivity contribution in [2.24, 2.45) is 0 Å². The van der Waals surface area contributed by atoms with Crippen molar-refractivity contribution in [3.8, 4) is 0 Å². The first-order chi connectivity index (χ1) is 10.2. The number of hydrogen-bond donors (Lipinski definition) is 4. The van der Waals surface area contributed by atoms with Gasteiger partial charge in [0.1, 0.15) is 9.71 Å². The van der Waals surface area contributed by atoms with Crippen LogP contribution in [0.5, 0.6) is 0 Å². The number of nitrogens with one attached hydrogen (secondary N) is 4. The van der Waals surface area contributed by atoms with Gasteiger partial charge < -0.3 is 21.3 Å². The van der Waals surface area contributed by atoms with Gasteiger partial charge in [-0.1, -0.05) is 0 Å². The number of hydrogen-bond acceptors (Lipinski definition) is 5. The fourth-order valence-corrected chi connectivity index (χ4v) is 3.73. The van der Waals surface area contributed by atoms with Crippen molar-refractivity contribution in [1.29, 1.82) is 0 Å². The Balaban J connectivity index is 1.75. The quantitative estimate of drug-likeness (QED) is 0.673. The Morgan fingerprint density at radius 2 is 2.33 bits per heavy atom. The van der Waals surface area contributed by atoms with Gasteiger partial charge in [-0.2, -0.15) is 0 Å². The van der Waals surface area contributed by atoms with Gasteiger partial charge in [0.05, 0.1) is 16.8 Å². The summed E-state index contributed by atoms with van der Waals surface area (Å²) in [6.07, 6.45) is 2.55. The fourth-order valence-electron chi connectivity index (χ4n) is 2.70. The predicted molar refractivity (Wildman–Crippen MR) is 81.0 cm³/mol. The lowest BCUT2D eigenvalue weighted by atomic mass is 10.2. The van der Waals surface area contributed by atoms with Gasteiger partial charge in [0.15, 0.2) is 0 Å². The first-order valence-electron chi connectivity index (χ1n) is 6.73. The molecule has 8 heteroatoms. The third kappa shape index (κ3) is 2.03. The maximum Gasteiger partial charge on any atom is 0.323 e. The van der Waals surface area contributed by atoms with Crippen LogP contribution in [0.4, 0.5) is 16.2 Å². The number of amides is 3. The summed E-state index contributed by atoms with van der Waals surface area (Å²) in [6.45, 7) is 1.69. The molecule has 2 aromatic heterocycles. The Hall–Kier alpha value is -2.19. The fraction of sp³-hybridized carbons (Fsp3) is 0.308. The third-order valence-electron chi connectivity index (χ3n) is 3.68. The zero-order valence-electron chi connectivity index (χ0n) is 11.0. The maximum absolute atomic E-state index is 12.5. The Morgan fingerprint density at radius 1 is 1.43 bits per heavy atom. The van der Waals surface area contributed by atoms with Crippen molar-refractivity contribution in [2.75, 3.05) is 23.7 Å². The smallest absolute Gasteiger partial charge is 0.323 e. The Kier molecular flexibility index (Phi) is 2.79. The molecule has 108 valence electrons. The van der Waals surface area contributed by atoms with E-state index >= 15 is 0 Å². The molecule has 4 rings (SSSR count). The summed E-state index contributed by atoms with van der Waals surface area (Å²) >= 11 is 1.30. The molecule has 0 aliphatic carbocycles. The lowest BCUT2D eigenvalue weighted by Crippen LogP contribution is -2.36. The zero-order valence-corrected chi connectivity index (χ0v) is 11.8. The van der Waals surface area contributed by atoms with Crippen LogP contribution < -0.4 is 21.3 Å². The van der Waals surface area contributed by atoms with E-state index in [4.69, 9.17) is 0 Å². The van der Waals surface area contributed by atoms with E-state index in [-0.39, 0.29) is 18.0 Å². The number of carbonyl (C=O) groups excluding carboxylic acids is 2. The summed E-state index contributed by atoms with van der Waals surface area (Å²) < 4.78 is 0. The second-order valence-corrected chi connectivity index (χ2v) is 6.09. The predicted octanol–water partition coefficient (Wildman–Crippen LogP) is 1.35. The molecule has 1 unspecified atom stereocenters. The average Bonchev–Trinajstić information content (AvgIpc) is 3.08. The van der Waals surface area contributed by atoms with Crippen molar-refractivity contribution in [3.63, 3.8) is 0 Å². The Morgan fingerprint density at radius 3 is 3.14 bits per heavy atom. The molecule has 0 radical (unpaired) electrons. The molecule has 0 saturated carbocycles. The molecule has 0 bridgehead atoms. The highest BCUT2D eigenvalue weighted by Gasteiger charge is 2.28. The van der Waals surface area contributed by atoms with Gasteiger partial charge in [0, 0.05) is 18.8 Å². The summed E-state index contributed by atoms with van der Waals surface area (Å²) in [7, 11) is 0. The standard InChI is InChI=1S/C13H13N5O2S/c19-11(16-6-1-3-14-5-6)10-9-8-7(17-13(20)18-9)2-4-15-12(8)21-10/h2,4,6,14H,1,3,5H2,(H,16,19)(H2,17,18,20). The molecule has 7 nitrogen and oxygen atoms in total. The second kappa shape index (κ2) is 4.68. The third-order valence-corrected chi connectivity index (χ3v) is 4.78. The molecule has 1 atom stereocenters. The molecule has 0 aromatic carbocycles. The molecule has 2 aromatic rings. The molecule has 4 N–H and O–H groups in total. The maximum atomic E-state index is 12.5. The minimum atomic E-state index is -0.329. The van der Waals surface area contributed by atoms with Crippen LogP contribution in [0.3, 0.4) is 0 Å². The SMILES string of the molecule is O=C1Nc2ccnc3sc(C(=O)NC4CCNC4)c(c23)N1. The number of urea groups is 1. The number of pyridine rings is 1. The second-order valence-electron chi connectivity index (χ2n) is 5.09. The number of aromatic nitrogens is 1. The summed E-state index contributed by atoms with van der Waals surface area (Å²) in [6, 6.07) is 1.55. The van der Waals surface area contributed by atoms with Crippen LogP contribution in [-0.2, 0) is 0 Å².